The van der Waals surface area contributed by atoms with Gasteiger partial charge in [0.25, 0.3) is 5.92 Å². The smallest absolute Gasteiger partial charge is 0.258 e. The highest BCUT2D eigenvalue weighted by atomic mass is 19.3. The van der Waals surface area contributed by atoms with Crippen molar-refractivity contribution in [3.63, 3.8) is 0 Å². The van der Waals surface area contributed by atoms with Crippen LogP contribution in [0, 0.1) is 11.3 Å². The summed E-state index contributed by atoms with van der Waals surface area (Å²) in [5.74, 6) is -2.74. The van der Waals surface area contributed by atoms with Crippen molar-refractivity contribution in [1.82, 2.24) is 19.5 Å². The van der Waals surface area contributed by atoms with E-state index in [4.69, 9.17) is 0 Å². The lowest BCUT2D eigenvalue weighted by molar-refractivity contribution is 0.0678. The van der Waals surface area contributed by atoms with Crippen molar-refractivity contribution < 1.29 is 8.78 Å². The Kier molecular flexibility index (Phi) is 2.40. The molecule has 21 heavy (non-hydrogen) atoms. The Morgan fingerprint density at radius 2 is 2.00 bits per heavy atom. The summed E-state index contributed by atoms with van der Waals surface area (Å²) in [6.45, 7) is 3.38. The number of alkyl halides is 2. The van der Waals surface area contributed by atoms with E-state index in [9.17, 15) is 8.78 Å². The molecule has 0 spiro atoms. The van der Waals surface area contributed by atoms with Crippen LogP contribution in [0.4, 0.5) is 14.6 Å². The van der Waals surface area contributed by atoms with Gasteiger partial charge in [-0.25, -0.2) is 23.7 Å². The van der Waals surface area contributed by atoms with Gasteiger partial charge in [-0.1, -0.05) is 13.8 Å². The Hall–Kier alpha value is -1.79. The third kappa shape index (κ3) is 1.76. The topological polar surface area (TPSA) is 55.6 Å². The number of aromatic nitrogens is 4. The highest BCUT2D eigenvalue weighted by Gasteiger charge is 2.74. The standard InChI is InChI=1S/C14H17F2N5/c1-13(2)9(14(13,15)16)5-17-11-10-12(19-6-18-11)21(7-20-10)8-3-4-8/h6-9H,3-5H2,1-2H3,(H,17,18,19). The number of imidazole rings is 1. The molecule has 1 atom stereocenters. The number of halogens is 2. The summed E-state index contributed by atoms with van der Waals surface area (Å²) < 4.78 is 29.3. The molecule has 0 aliphatic heterocycles. The van der Waals surface area contributed by atoms with Gasteiger partial charge in [0.2, 0.25) is 0 Å². The van der Waals surface area contributed by atoms with Crippen LogP contribution in [-0.2, 0) is 0 Å². The molecule has 2 aliphatic carbocycles. The summed E-state index contributed by atoms with van der Waals surface area (Å²) in [6.07, 6.45) is 5.50. The van der Waals surface area contributed by atoms with E-state index in [1.807, 2.05) is 4.57 Å². The van der Waals surface area contributed by atoms with Crippen molar-refractivity contribution >= 4 is 17.0 Å². The van der Waals surface area contributed by atoms with Crippen molar-refractivity contribution in [3.05, 3.63) is 12.7 Å². The fourth-order valence-electron chi connectivity index (χ4n) is 2.94. The van der Waals surface area contributed by atoms with Crippen LogP contribution in [-0.4, -0.2) is 32.0 Å². The fourth-order valence-corrected chi connectivity index (χ4v) is 2.94. The van der Waals surface area contributed by atoms with Gasteiger partial charge in [0.1, 0.15) is 11.8 Å². The maximum atomic E-state index is 13.6. The number of hydrogen-bond acceptors (Lipinski definition) is 4. The number of hydrogen-bond donors (Lipinski definition) is 1. The first kappa shape index (κ1) is 12.9. The van der Waals surface area contributed by atoms with Crippen LogP contribution in [0.2, 0.25) is 0 Å². The average molecular weight is 293 g/mol. The molecule has 4 rings (SSSR count). The van der Waals surface area contributed by atoms with Crippen molar-refractivity contribution in [1.29, 1.82) is 0 Å². The van der Waals surface area contributed by atoms with E-state index >= 15 is 0 Å². The zero-order valence-electron chi connectivity index (χ0n) is 12.0. The molecule has 0 aromatic carbocycles. The second-order valence-electron chi connectivity index (χ2n) is 6.56. The lowest BCUT2D eigenvalue weighted by Gasteiger charge is -2.06. The van der Waals surface area contributed by atoms with E-state index in [1.165, 1.54) is 6.33 Å². The van der Waals surface area contributed by atoms with E-state index in [0.717, 1.165) is 18.5 Å². The van der Waals surface area contributed by atoms with Gasteiger partial charge in [-0.3, -0.25) is 0 Å². The van der Waals surface area contributed by atoms with Gasteiger partial charge in [-0.05, 0) is 12.8 Å². The number of anilines is 1. The van der Waals surface area contributed by atoms with Crippen molar-refractivity contribution in [2.75, 3.05) is 11.9 Å². The largest absolute Gasteiger partial charge is 0.368 e. The molecule has 2 aromatic heterocycles. The highest BCUT2D eigenvalue weighted by molar-refractivity contribution is 5.82. The second kappa shape index (κ2) is 3.90. The Morgan fingerprint density at radius 3 is 2.62 bits per heavy atom. The van der Waals surface area contributed by atoms with E-state index in [2.05, 4.69) is 20.3 Å². The Morgan fingerprint density at radius 1 is 1.29 bits per heavy atom. The molecule has 2 fully saturated rings. The SMILES string of the molecule is CC1(C)C(CNc2ncnc3c2ncn3C2CC2)C1(F)F. The zero-order chi connectivity index (χ0) is 14.8. The van der Waals surface area contributed by atoms with E-state index in [1.54, 1.807) is 20.2 Å². The summed E-state index contributed by atoms with van der Waals surface area (Å²) in [5.41, 5.74) is 0.488. The van der Waals surface area contributed by atoms with Crippen LogP contribution in [0.15, 0.2) is 12.7 Å². The molecular formula is C14H17F2N5. The van der Waals surface area contributed by atoms with Gasteiger partial charge in [-0.2, -0.15) is 0 Å². The lowest BCUT2D eigenvalue weighted by atomic mass is 10.1. The summed E-state index contributed by atoms with van der Waals surface area (Å²) in [5, 5.41) is 3.03. The predicted molar refractivity (Wildman–Crippen MR) is 74.3 cm³/mol. The Bertz CT molecular complexity index is 690. The van der Waals surface area contributed by atoms with Crippen LogP contribution in [0.3, 0.4) is 0 Å². The van der Waals surface area contributed by atoms with E-state index < -0.39 is 17.3 Å². The third-order valence-electron chi connectivity index (χ3n) is 4.86. The first-order valence-corrected chi connectivity index (χ1v) is 7.22. The van der Waals surface area contributed by atoms with Crippen LogP contribution in [0.1, 0.15) is 32.7 Å². The molecule has 0 bridgehead atoms. The normalized spacial score (nSPS) is 26.0. The van der Waals surface area contributed by atoms with Crippen molar-refractivity contribution in [2.24, 2.45) is 11.3 Å². The molecule has 1 unspecified atom stereocenters. The van der Waals surface area contributed by atoms with Crippen LogP contribution < -0.4 is 5.32 Å². The molecule has 2 saturated carbocycles. The van der Waals surface area contributed by atoms with E-state index in [-0.39, 0.29) is 6.54 Å². The summed E-state index contributed by atoms with van der Waals surface area (Å²) >= 11 is 0. The predicted octanol–water partition coefficient (Wildman–Crippen LogP) is 2.86. The monoisotopic (exact) mass is 293 g/mol. The molecule has 112 valence electrons. The molecule has 0 amide bonds. The number of nitrogens with one attached hydrogen (secondary N) is 1. The van der Waals surface area contributed by atoms with Gasteiger partial charge >= 0.3 is 0 Å². The lowest BCUT2D eigenvalue weighted by Crippen LogP contribution is -2.10. The molecule has 2 aromatic rings. The molecule has 1 N–H and O–H groups in total. The number of nitrogens with zero attached hydrogens (tertiary/aromatic N) is 4. The minimum Gasteiger partial charge on any atom is -0.368 e. The maximum absolute atomic E-state index is 13.6. The minimum absolute atomic E-state index is 0.197. The Labute approximate surface area is 120 Å². The van der Waals surface area contributed by atoms with Crippen LogP contribution in [0.25, 0.3) is 11.2 Å². The molecule has 2 aliphatic rings. The first-order valence-electron chi connectivity index (χ1n) is 7.22. The average Bonchev–Trinajstić information content (AvgIpc) is 3.26. The summed E-state index contributed by atoms with van der Waals surface area (Å²) in [7, 11) is 0. The van der Waals surface area contributed by atoms with Crippen molar-refractivity contribution in [3.8, 4) is 0 Å². The van der Waals surface area contributed by atoms with Gasteiger partial charge < -0.3 is 9.88 Å². The van der Waals surface area contributed by atoms with Gasteiger partial charge in [-0.15, -0.1) is 0 Å². The zero-order valence-corrected chi connectivity index (χ0v) is 12.0. The van der Waals surface area contributed by atoms with Crippen LogP contribution in [0.5, 0.6) is 0 Å². The van der Waals surface area contributed by atoms with Crippen LogP contribution >= 0.6 is 0 Å². The first-order chi connectivity index (χ1) is 9.93. The van der Waals surface area contributed by atoms with E-state index in [0.29, 0.717) is 17.4 Å². The highest BCUT2D eigenvalue weighted by Crippen LogP contribution is 2.65. The molecule has 0 radical (unpaired) electrons. The van der Waals surface area contributed by atoms with Gasteiger partial charge in [0, 0.05) is 18.0 Å². The quantitative estimate of drug-likeness (QED) is 0.941. The molecule has 0 saturated heterocycles. The summed E-state index contributed by atoms with van der Waals surface area (Å²) in [4.78, 5) is 12.8. The summed E-state index contributed by atoms with van der Waals surface area (Å²) in [6, 6.07) is 0.476. The molecular weight excluding hydrogens is 276 g/mol. The maximum Gasteiger partial charge on any atom is 0.258 e. The van der Waals surface area contributed by atoms with Gasteiger partial charge in [0.05, 0.1) is 12.2 Å². The van der Waals surface area contributed by atoms with Gasteiger partial charge in [0.15, 0.2) is 11.5 Å². The van der Waals surface area contributed by atoms with Crippen molar-refractivity contribution in [2.45, 2.75) is 38.7 Å². The molecule has 7 heteroatoms. The Balaban J connectivity index is 1.57. The fraction of sp³-hybridized carbons (Fsp3) is 0.643. The molecule has 2 heterocycles. The number of fused-ring (bicyclic) bond motifs is 1. The molecule has 5 nitrogen and oxygen atoms in total. The minimum atomic E-state index is -2.61. The third-order valence-corrected chi connectivity index (χ3v) is 4.86. The number of rotatable bonds is 4. The second-order valence-corrected chi connectivity index (χ2v) is 6.56.